The minimum Gasteiger partial charge on any atom is -0.298 e. The first kappa shape index (κ1) is 12.9. The van der Waals surface area contributed by atoms with Crippen LogP contribution in [-0.2, 0) is 0 Å². The Morgan fingerprint density at radius 2 is 1.65 bits per heavy atom. The molecule has 0 saturated heterocycles. The molecular weight excluding hydrogens is 244 g/mol. The Hall–Kier alpha value is -2.11. The van der Waals surface area contributed by atoms with E-state index < -0.39 is 0 Å². The van der Waals surface area contributed by atoms with E-state index in [4.69, 9.17) is 0 Å². The molecule has 0 amide bonds. The molecule has 100 valence electrons. The van der Waals surface area contributed by atoms with E-state index in [1.807, 2.05) is 18.2 Å². The van der Waals surface area contributed by atoms with Gasteiger partial charge in [-0.2, -0.15) is 5.26 Å². The van der Waals surface area contributed by atoms with Crippen LogP contribution in [0, 0.1) is 17.2 Å². The monoisotopic (exact) mass is 262 g/mol. The van der Waals surface area contributed by atoms with Gasteiger partial charge in [-0.05, 0) is 42.0 Å². The highest BCUT2D eigenvalue weighted by atomic mass is 14.9. The van der Waals surface area contributed by atoms with Gasteiger partial charge >= 0.3 is 0 Å². The van der Waals surface area contributed by atoms with Crippen molar-refractivity contribution in [2.75, 3.05) is 6.54 Å². The molecule has 1 aliphatic carbocycles. The average Bonchev–Trinajstić information content (AvgIpc) is 3.34. The van der Waals surface area contributed by atoms with E-state index in [1.165, 1.54) is 24.0 Å². The molecule has 0 spiro atoms. The van der Waals surface area contributed by atoms with E-state index in [-0.39, 0.29) is 6.04 Å². The van der Waals surface area contributed by atoms with Crippen LogP contribution in [-0.4, -0.2) is 6.54 Å². The number of nitrogens with one attached hydrogen (secondary N) is 1. The summed E-state index contributed by atoms with van der Waals surface area (Å²) in [7, 11) is 0. The zero-order valence-corrected chi connectivity index (χ0v) is 11.4. The van der Waals surface area contributed by atoms with Gasteiger partial charge in [-0.25, -0.2) is 0 Å². The number of hydrogen-bond donors (Lipinski definition) is 1. The Kier molecular flexibility index (Phi) is 3.80. The van der Waals surface area contributed by atoms with Crippen molar-refractivity contribution >= 4 is 0 Å². The molecule has 2 aromatic carbocycles. The van der Waals surface area contributed by atoms with Crippen LogP contribution in [0.2, 0.25) is 0 Å². The van der Waals surface area contributed by atoms with Gasteiger partial charge in [0.05, 0.1) is 6.07 Å². The molecule has 0 heterocycles. The van der Waals surface area contributed by atoms with Crippen molar-refractivity contribution in [2.45, 2.75) is 18.9 Å². The van der Waals surface area contributed by atoms with Crippen molar-refractivity contribution in [3.8, 4) is 17.2 Å². The third-order valence-electron chi connectivity index (χ3n) is 3.79. The van der Waals surface area contributed by atoms with Gasteiger partial charge in [0.25, 0.3) is 0 Å². The number of hydrogen-bond acceptors (Lipinski definition) is 2. The Bertz CT molecular complexity index is 592. The summed E-state index contributed by atoms with van der Waals surface area (Å²) >= 11 is 0. The van der Waals surface area contributed by atoms with E-state index in [9.17, 15) is 5.26 Å². The molecule has 1 saturated carbocycles. The summed E-state index contributed by atoms with van der Waals surface area (Å²) in [4.78, 5) is 0. The zero-order chi connectivity index (χ0) is 13.8. The van der Waals surface area contributed by atoms with Crippen LogP contribution in [0.4, 0.5) is 0 Å². The van der Waals surface area contributed by atoms with Crippen LogP contribution >= 0.6 is 0 Å². The highest BCUT2D eigenvalue weighted by molar-refractivity contribution is 5.63. The van der Waals surface area contributed by atoms with Crippen molar-refractivity contribution in [3.05, 3.63) is 60.2 Å². The average molecular weight is 262 g/mol. The van der Waals surface area contributed by atoms with Gasteiger partial charge in [0.2, 0.25) is 0 Å². The van der Waals surface area contributed by atoms with Crippen LogP contribution in [0.25, 0.3) is 11.1 Å². The van der Waals surface area contributed by atoms with Crippen molar-refractivity contribution in [1.82, 2.24) is 5.32 Å². The van der Waals surface area contributed by atoms with Gasteiger partial charge in [-0.1, -0.05) is 54.6 Å². The third-order valence-corrected chi connectivity index (χ3v) is 3.79. The summed E-state index contributed by atoms with van der Waals surface area (Å²) in [5, 5.41) is 12.6. The number of rotatable bonds is 5. The first-order valence-electron chi connectivity index (χ1n) is 7.15. The number of nitriles is 1. The maximum absolute atomic E-state index is 9.29. The SMILES string of the molecule is N#CC(NCC1CC1)c1ccc(-c2ccccc2)cc1. The van der Waals surface area contributed by atoms with E-state index in [0.717, 1.165) is 18.0 Å². The van der Waals surface area contributed by atoms with Crippen molar-refractivity contribution < 1.29 is 0 Å². The fourth-order valence-electron chi connectivity index (χ4n) is 2.34. The summed E-state index contributed by atoms with van der Waals surface area (Å²) in [5.41, 5.74) is 3.44. The Labute approximate surface area is 120 Å². The van der Waals surface area contributed by atoms with Crippen molar-refractivity contribution in [3.63, 3.8) is 0 Å². The minimum atomic E-state index is -0.194. The topological polar surface area (TPSA) is 35.8 Å². The quantitative estimate of drug-likeness (QED) is 0.886. The van der Waals surface area contributed by atoms with Gasteiger partial charge in [0, 0.05) is 0 Å². The summed E-state index contributed by atoms with van der Waals surface area (Å²) < 4.78 is 0. The first-order chi connectivity index (χ1) is 9.86. The molecule has 2 aromatic rings. The molecule has 0 radical (unpaired) electrons. The molecule has 1 unspecified atom stereocenters. The first-order valence-corrected chi connectivity index (χ1v) is 7.15. The standard InChI is InChI=1S/C18H18N2/c19-12-18(20-13-14-6-7-14)17-10-8-16(9-11-17)15-4-2-1-3-5-15/h1-5,8-11,14,18,20H,6-7,13H2. The summed E-state index contributed by atoms with van der Waals surface area (Å²) in [6.07, 6.45) is 2.61. The zero-order valence-electron chi connectivity index (χ0n) is 11.4. The fraction of sp³-hybridized carbons (Fsp3) is 0.278. The van der Waals surface area contributed by atoms with Gasteiger partial charge in [0.15, 0.2) is 0 Å². The van der Waals surface area contributed by atoms with Crippen LogP contribution in [0.5, 0.6) is 0 Å². The lowest BCUT2D eigenvalue weighted by Gasteiger charge is -2.12. The van der Waals surface area contributed by atoms with Gasteiger partial charge in [0.1, 0.15) is 6.04 Å². The fourth-order valence-corrected chi connectivity index (χ4v) is 2.34. The molecule has 3 rings (SSSR count). The molecule has 1 fully saturated rings. The molecule has 20 heavy (non-hydrogen) atoms. The van der Waals surface area contributed by atoms with E-state index in [2.05, 4.69) is 47.8 Å². The van der Waals surface area contributed by atoms with Crippen LogP contribution in [0.1, 0.15) is 24.4 Å². The van der Waals surface area contributed by atoms with E-state index in [1.54, 1.807) is 0 Å². The van der Waals surface area contributed by atoms with Gasteiger partial charge < -0.3 is 0 Å². The molecule has 0 aromatic heterocycles. The number of benzene rings is 2. The van der Waals surface area contributed by atoms with Gasteiger partial charge in [-0.15, -0.1) is 0 Å². The third kappa shape index (κ3) is 3.07. The number of nitrogens with zero attached hydrogens (tertiary/aromatic N) is 1. The normalized spacial score (nSPS) is 15.6. The molecule has 1 N–H and O–H groups in total. The predicted molar refractivity (Wildman–Crippen MR) is 81.0 cm³/mol. The second-order valence-corrected chi connectivity index (χ2v) is 5.40. The molecular formula is C18H18N2. The Morgan fingerprint density at radius 1 is 1.00 bits per heavy atom. The lowest BCUT2D eigenvalue weighted by molar-refractivity contribution is 0.593. The highest BCUT2D eigenvalue weighted by Gasteiger charge is 2.22. The van der Waals surface area contributed by atoms with Gasteiger partial charge in [-0.3, -0.25) is 5.32 Å². The second-order valence-electron chi connectivity index (χ2n) is 5.40. The predicted octanol–water partition coefficient (Wildman–Crippen LogP) is 3.92. The maximum atomic E-state index is 9.29. The van der Waals surface area contributed by atoms with Crippen molar-refractivity contribution in [1.29, 1.82) is 5.26 Å². The largest absolute Gasteiger partial charge is 0.298 e. The van der Waals surface area contributed by atoms with Crippen LogP contribution in [0.15, 0.2) is 54.6 Å². The van der Waals surface area contributed by atoms with E-state index in [0.29, 0.717) is 0 Å². The Morgan fingerprint density at radius 3 is 2.25 bits per heavy atom. The molecule has 2 heteroatoms. The lowest BCUT2D eigenvalue weighted by Crippen LogP contribution is -2.22. The molecule has 0 bridgehead atoms. The summed E-state index contributed by atoms with van der Waals surface area (Å²) in [5.74, 6) is 0.787. The summed E-state index contributed by atoms with van der Waals surface area (Å²) in [6, 6.07) is 20.7. The Balaban J connectivity index is 1.72. The van der Waals surface area contributed by atoms with E-state index >= 15 is 0 Å². The van der Waals surface area contributed by atoms with Crippen molar-refractivity contribution in [2.24, 2.45) is 5.92 Å². The lowest BCUT2D eigenvalue weighted by atomic mass is 10.0. The molecule has 0 aliphatic heterocycles. The van der Waals surface area contributed by atoms with Crippen LogP contribution in [0.3, 0.4) is 0 Å². The maximum Gasteiger partial charge on any atom is 0.121 e. The minimum absolute atomic E-state index is 0.194. The smallest absolute Gasteiger partial charge is 0.121 e. The summed E-state index contributed by atoms with van der Waals surface area (Å²) in [6.45, 7) is 0.957. The second kappa shape index (κ2) is 5.90. The highest BCUT2D eigenvalue weighted by Crippen LogP contribution is 2.29. The molecule has 2 nitrogen and oxygen atoms in total. The molecule has 1 aliphatic rings. The van der Waals surface area contributed by atoms with Crippen LogP contribution < -0.4 is 5.32 Å². The molecule has 1 atom stereocenters.